The van der Waals surface area contributed by atoms with E-state index in [0.29, 0.717) is 24.0 Å². The first-order valence-corrected chi connectivity index (χ1v) is 8.84. The zero-order valence-electron chi connectivity index (χ0n) is 15.1. The fraction of sp³-hybridized carbons (Fsp3) is 0.400. The smallest absolute Gasteiger partial charge is 0.337 e. The molecule has 1 aliphatic heterocycles. The van der Waals surface area contributed by atoms with E-state index in [4.69, 9.17) is 4.74 Å². The van der Waals surface area contributed by atoms with Gasteiger partial charge in [-0.25, -0.2) is 4.79 Å². The number of nitrogens with zero attached hydrogens (tertiary/aromatic N) is 1. The van der Waals surface area contributed by atoms with Crippen LogP contribution >= 0.6 is 0 Å². The minimum absolute atomic E-state index is 0.000725. The molecule has 1 heterocycles. The quantitative estimate of drug-likeness (QED) is 0.431. The van der Waals surface area contributed by atoms with E-state index in [-0.39, 0.29) is 43.2 Å². The van der Waals surface area contributed by atoms with Gasteiger partial charge in [-0.2, -0.15) is 0 Å². The number of rotatable bonds is 6. The molecule has 1 aliphatic carbocycles. The highest BCUT2D eigenvalue weighted by Crippen LogP contribution is 2.35. The van der Waals surface area contributed by atoms with Gasteiger partial charge in [0.05, 0.1) is 30.9 Å². The molecule has 7 heteroatoms. The van der Waals surface area contributed by atoms with E-state index in [1.54, 1.807) is 24.3 Å². The Morgan fingerprint density at radius 1 is 1.11 bits per heavy atom. The number of allylic oxidation sites excluding steroid dienone is 2. The van der Waals surface area contributed by atoms with E-state index in [9.17, 15) is 19.2 Å². The first kappa shape index (κ1) is 18.8. The van der Waals surface area contributed by atoms with Crippen molar-refractivity contribution < 1.29 is 28.7 Å². The zero-order valence-corrected chi connectivity index (χ0v) is 15.1. The predicted molar refractivity (Wildman–Crippen MR) is 94.3 cm³/mol. The Balaban J connectivity index is 1.50. The number of methoxy groups -OCH3 is 1. The first-order valence-electron chi connectivity index (χ1n) is 8.84. The number of esters is 2. The summed E-state index contributed by atoms with van der Waals surface area (Å²) in [5.74, 6) is -1.96. The Labute approximate surface area is 156 Å². The molecule has 27 heavy (non-hydrogen) atoms. The maximum Gasteiger partial charge on any atom is 0.337 e. The summed E-state index contributed by atoms with van der Waals surface area (Å²) in [6.07, 6.45) is 4.94. The number of fused-ring (bicyclic) bond motifs is 1. The molecule has 2 atom stereocenters. The molecule has 0 bridgehead atoms. The average Bonchev–Trinajstić information content (AvgIpc) is 2.95. The largest absolute Gasteiger partial charge is 0.465 e. The van der Waals surface area contributed by atoms with Crippen molar-refractivity contribution in [2.75, 3.05) is 13.7 Å². The molecule has 3 rings (SSSR count). The number of hydrogen-bond acceptors (Lipinski definition) is 6. The van der Waals surface area contributed by atoms with Crippen molar-refractivity contribution in [1.29, 1.82) is 0 Å². The summed E-state index contributed by atoms with van der Waals surface area (Å²) >= 11 is 0. The monoisotopic (exact) mass is 371 g/mol. The lowest BCUT2D eigenvalue weighted by molar-refractivity contribution is -0.146. The van der Waals surface area contributed by atoms with E-state index in [1.807, 2.05) is 12.2 Å². The molecule has 142 valence electrons. The molecule has 0 unspecified atom stereocenters. The highest BCUT2D eigenvalue weighted by atomic mass is 16.5. The lowest BCUT2D eigenvalue weighted by Crippen LogP contribution is -2.33. The molecular weight excluding hydrogens is 350 g/mol. The summed E-state index contributed by atoms with van der Waals surface area (Å²) in [7, 11) is 1.29. The van der Waals surface area contributed by atoms with Crippen molar-refractivity contribution >= 4 is 23.8 Å². The Morgan fingerprint density at radius 2 is 1.78 bits per heavy atom. The topological polar surface area (TPSA) is 90.0 Å². The maximum absolute atomic E-state index is 12.3. The number of likely N-dealkylation sites (tertiary alicyclic amines) is 1. The van der Waals surface area contributed by atoms with E-state index in [2.05, 4.69) is 4.74 Å². The molecule has 1 saturated heterocycles. The van der Waals surface area contributed by atoms with Crippen LogP contribution in [0, 0.1) is 11.8 Å². The van der Waals surface area contributed by atoms with Gasteiger partial charge in [0.15, 0.2) is 0 Å². The highest BCUT2D eigenvalue weighted by Gasteiger charge is 2.46. The van der Waals surface area contributed by atoms with Crippen molar-refractivity contribution in [2.24, 2.45) is 11.8 Å². The first-order chi connectivity index (χ1) is 13.0. The molecule has 0 spiro atoms. The van der Waals surface area contributed by atoms with E-state index in [1.165, 1.54) is 12.0 Å². The van der Waals surface area contributed by atoms with Gasteiger partial charge in [-0.15, -0.1) is 0 Å². The lowest BCUT2D eigenvalue weighted by atomic mass is 9.85. The van der Waals surface area contributed by atoms with Crippen molar-refractivity contribution in [2.45, 2.75) is 25.9 Å². The van der Waals surface area contributed by atoms with E-state index < -0.39 is 11.9 Å². The number of carbonyl (C=O) groups excluding carboxylic acids is 4. The number of carbonyl (C=O) groups is 4. The van der Waals surface area contributed by atoms with Crippen molar-refractivity contribution in [1.82, 2.24) is 4.90 Å². The minimum Gasteiger partial charge on any atom is -0.465 e. The van der Waals surface area contributed by atoms with Gasteiger partial charge in [-0.1, -0.05) is 24.3 Å². The third-order valence-corrected chi connectivity index (χ3v) is 4.89. The van der Waals surface area contributed by atoms with E-state index >= 15 is 0 Å². The second-order valence-electron chi connectivity index (χ2n) is 6.59. The maximum atomic E-state index is 12.3. The molecule has 1 fully saturated rings. The zero-order chi connectivity index (χ0) is 19.4. The van der Waals surface area contributed by atoms with Crippen LogP contribution in [0.3, 0.4) is 0 Å². The third-order valence-electron chi connectivity index (χ3n) is 4.89. The molecule has 0 aromatic heterocycles. The average molecular weight is 371 g/mol. The van der Waals surface area contributed by atoms with Crippen molar-refractivity contribution in [3.63, 3.8) is 0 Å². The number of hydrogen-bond donors (Lipinski definition) is 0. The molecular formula is C20H21NO6. The molecule has 0 saturated carbocycles. The number of benzene rings is 1. The van der Waals surface area contributed by atoms with Gasteiger partial charge in [0.1, 0.15) is 6.61 Å². The lowest BCUT2D eigenvalue weighted by Gasteiger charge is -2.14. The second kappa shape index (κ2) is 8.16. The van der Waals surface area contributed by atoms with Crippen LogP contribution in [0.1, 0.15) is 35.2 Å². The SMILES string of the molecule is COC(=O)c1cccc(COC(=O)CCN2C(=O)[C@H]3CC=CC[C@H]3C2=O)c1. The van der Waals surface area contributed by atoms with Gasteiger partial charge in [0, 0.05) is 6.54 Å². The summed E-state index contributed by atoms with van der Waals surface area (Å²) in [5.41, 5.74) is 1.02. The van der Waals surface area contributed by atoms with Gasteiger partial charge in [0.2, 0.25) is 11.8 Å². The van der Waals surface area contributed by atoms with Crippen LogP contribution in [0.15, 0.2) is 36.4 Å². The standard InChI is InChI=1S/C20H21NO6/c1-26-20(25)14-6-4-5-13(11-14)12-27-17(22)9-10-21-18(23)15-7-2-3-8-16(15)19(21)24/h2-6,11,15-16H,7-10,12H2,1H3/t15-,16+. The number of amides is 2. The van der Waals surface area contributed by atoms with Gasteiger partial charge >= 0.3 is 11.9 Å². The highest BCUT2D eigenvalue weighted by molar-refractivity contribution is 6.05. The van der Waals surface area contributed by atoms with Gasteiger partial charge in [0.25, 0.3) is 0 Å². The van der Waals surface area contributed by atoms with E-state index in [0.717, 1.165) is 0 Å². The molecule has 1 aromatic rings. The van der Waals surface area contributed by atoms with Crippen molar-refractivity contribution in [3.05, 3.63) is 47.5 Å². The molecule has 2 amide bonds. The van der Waals surface area contributed by atoms with Crippen LogP contribution in [-0.4, -0.2) is 42.3 Å². The van der Waals surface area contributed by atoms with Crippen LogP contribution in [-0.2, 0) is 30.5 Å². The fourth-order valence-corrected chi connectivity index (χ4v) is 3.43. The van der Waals surface area contributed by atoms with Crippen LogP contribution in [0.5, 0.6) is 0 Å². The van der Waals surface area contributed by atoms with Crippen molar-refractivity contribution in [3.8, 4) is 0 Å². The summed E-state index contributed by atoms with van der Waals surface area (Å²) in [5, 5.41) is 0. The number of ether oxygens (including phenoxy) is 2. The van der Waals surface area contributed by atoms with Crippen LogP contribution in [0.2, 0.25) is 0 Å². The van der Waals surface area contributed by atoms with Crippen LogP contribution in [0.4, 0.5) is 0 Å². The Kier molecular flexibility index (Phi) is 5.69. The Morgan fingerprint density at radius 3 is 2.41 bits per heavy atom. The summed E-state index contributed by atoms with van der Waals surface area (Å²) in [6.45, 7) is 0.0342. The third kappa shape index (κ3) is 4.07. The second-order valence-corrected chi connectivity index (χ2v) is 6.59. The Bertz CT molecular complexity index is 773. The van der Waals surface area contributed by atoms with Gasteiger partial charge < -0.3 is 9.47 Å². The predicted octanol–water partition coefficient (Wildman–Crippen LogP) is 1.86. The molecule has 0 radical (unpaired) electrons. The normalized spacial score (nSPS) is 21.1. The molecule has 1 aromatic carbocycles. The van der Waals surface area contributed by atoms with Crippen LogP contribution < -0.4 is 0 Å². The summed E-state index contributed by atoms with van der Waals surface area (Å²) in [4.78, 5) is 49.4. The molecule has 2 aliphatic rings. The van der Waals surface area contributed by atoms with Crippen LogP contribution in [0.25, 0.3) is 0 Å². The minimum atomic E-state index is -0.507. The fourth-order valence-electron chi connectivity index (χ4n) is 3.43. The summed E-state index contributed by atoms with van der Waals surface area (Å²) < 4.78 is 9.84. The number of imide groups is 1. The van der Waals surface area contributed by atoms with Gasteiger partial charge in [-0.3, -0.25) is 19.3 Å². The Hall–Kier alpha value is -2.96. The molecule has 7 nitrogen and oxygen atoms in total. The summed E-state index contributed by atoms with van der Waals surface area (Å²) in [6, 6.07) is 6.60. The molecule has 0 N–H and O–H groups in total. The van der Waals surface area contributed by atoms with Gasteiger partial charge in [-0.05, 0) is 30.5 Å².